The Morgan fingerprint density at radius 3 is 2.67 bits per heavy atom. The topological polar surface area (TPSA) is 76.3 Å². The number of halogens is 3. The van der Waals surface area contributed by atoms with Crippen LogP contribution in [0.3, 0.4) is 0 Å². The standard InChI is InChI=1S/C7H5ClF2N2O3/c8-4-1-3(2-13)11-7(12(14)15)5(4)6(9)10/h1,6,13H,2H2. The lowest BCUT2D eigenvalue weighted by molar-refractivity contribution is -0.391. The van der Waals surface area contributed by atoms with Crippen molar-refractivity contribution in [3.8, 4) is 0 Å². The highest BCUT2D eigenvalue weighted by Crippen LogP contribution is 2.34. The van der Waals surface area contributed by atoms with Crippen LogP contribution in [-0.4, -0.2) is 15.0 Å². The first-order valence-corrected chi connectivity index (χ1v) is 4.08. The number of nitro groups is 1. The van der Waals surface area contributed by atoms with Gasteiger partial charge in [-0.15, -0.1) is 0 Å². The number of alkyl halides is 2. The van der Waals surface area contributed by atoms with E-state index in [2.05, 4.69) is 4.98 Å². The molecule has 82 valence electrons. The van der Waals surface area contributed by atoms with Crippen LogP contribution in [0.4, 0.5) is 14.6 Å². The summed E-state index contributed by atoms with van der Waals surface area (Å²) in [6, 6.07) is 0.968. The lowest BCUT2D eigenvalue weighted by atomic mass is 10.2. The Labute approximate surface area is 87.5 Å². The molecule has 0 amide bonds. The number of hydrogen-bond donors (Lipinski definition) is 1. The average Bonchev–Trinajstić information content (AvgIpc) is 2.15. The molecule has 0 saturated carbocycles. The molecule has 1 N–H and O–H groups in total. The maximum atomic E-state index is 12.4. The first-order chi connectivity index (χ1) is 6.97. The Morgan fingerprint density at radius 1 is 1.67 bits per heavy atom. The third-order valence-corrected chi connectivity index (χ3v) is 1.91. The Balaban J connectivity index is 3.42. The van der Waals surface area contributed by atoms with E-state index in [0.29, 0.717) is 0 Å². The number of aromatic nitrogens is 1. The Hall–Kier alpha value is -1.34. The molecular weight excluding hydrogens is 234 g/mol. The molecule has 1 heterocycles. The summed E-state index contributed by atoms with van der Waals surface area (Å²) in [5.41, 5.74) is -1.06. The zero-order valence-electron chi connectivity index (χ0n) is 7.15. The summed E-state index contributed by atoms with van der Waals surface area (Å²) in [6.07, 6.45) is -3.09. The molecule has 0 aromatic carbocycles. The van der Waals surface area contributed by atoms with E-state index in [1.165, 1.54) is 0 Å². The third kappa shape index (κ3) is 2.37. The van der Waals surface area contributed by atoms with E-state index in [0.717, 1.165) is 6.07 Å². The summed E-state index contributed by atoms with van der Waals surface area (Å²) in [7, 11) is 0. The van der Waals surface area contributed by atoms with Gasteiger partial charge in [0, 0.05) is 6.07 Å². The third-order valence-electron chi connectivity index (χ3n) is 1.59. The lowest BCUT2D eigenvalue weighted by Crippen LogP contribution is -2.03. The van der Waals surface area contributed by atoms with Crippen molar-refractivity contribution in [1.29, 1.82) is 0 Å². The van der Waals surface area contributed by atoms with Gasteiger partial charge in [-0.1, -0.05) is 11.6 Å². The predicted octanol–water partition coefficient (Wildman–Crippen LogP) is 2.07. The van der Waals surface area contributed by atoms with Crippen LogP contribution in [0, 0.1) is 10.1 Å². The molecule has 8 heteroatoms. The molecule has 1 aromatic rings. The fourth-order valence-electron chi connectivity index (χ4n) is 0.981. The molecule has 0 radical (unpaired) electrons. The molecule has 0 aliphatic rings. The molecule has 15 heavy (non-hydrogen) atoms. The van der Waals surface area contributed by atoms with Crippen LogP contribution in [0.5, 0.6) is 0 Å². The summed E-state index contributed by atoms with van der Waals surface area (Å²) in [6.45, 7) is -0.607. The molecule has 0 atom stereocenters. The summed E-state index contributed by atoms with van der Waals surface area (Å²) < 4.78 is 24.8. The van der Waals surface area contributed by atoms with Crippen molar-refractivity contribution in [2.75, 3.05) is 0 Å². The number of hydrogen-bond acceptors (Lipinski definition) is 4. The van der Waals surface area contributed by atoms with Gasteiger partial charge >= 0.3 is 5.82 Å². The summed E-state index contributed by atoms with van der Waals surface area (Å²) in [4.78, 5) is 12.6. The highest BCUT2D eigenvalue weighted by Gasteiger charge is 2.28. The number of aliphatic hydroxyl groups is 1. The fourth-order valence-corrected chi connectivity index (χ4v) is 1.27. The van der Waals surface area contributed by atoms with E-state index in [9.17, 15) is 18.9 Å². The van der Waals surface area contributed by atoms with Crippen molar-refractivity contribution in [3.05, 3.63) is 32.5 Å². The number of rotatable bonds is 3. The SMILES string of the molecule is O=[N+]([O-])c1nc(CO)cc(Cl)c1C(F)F. The Morgan fingerprint density at radius 2 is 2.27 bits per heavy atom. The molecule has 5 nitrogen and oxygen atoms in total. The summed E-state index contributed by atoms with van der Waals surface area (Å²) in [5, 5.41) is 18.6. The maximum Gasteiger partial charge on any atom is 0.374 e. The van der Waals surface area contributed by atoms with Gasteiger partial charge < -0.3 is 15.2 Å². The molecular formula is C7H5ClF2N2O3. The number of pyridine rings is 1. The van der Waals surface area contributed by atoms with Gasteiger partial charge in [0.25, 0.3) is 6.43 Å². The summed E-state index contributed by atoms with van der Waals surface area (Å²) >= 11 is 5.42. The van der Waals surface area contributed by atoms with Crippen molar-refractivity contribution in [2.45, 2.75) is 13.0 Å². The van der Waals surface area contributed by atoms with Gasteiger partial charge in [-0.05, 0) is 9.91 Å². The highest BCUT2D eigenvalue weighted by atomic mass is 35.5. The minimum absolute atomic E-state index is 0.129. The first-order valence-electron chi connectivity index (χ1n) is 3.70. The smallest absolute Gasteiger partial charge is 0.374 e. The van der Waals surface area contributed by atoms with Crippen molar-refractivity contribution in [3.63, 3.8) is 0 Å². The lowest BCUT2D eigenvalue weighted by Gasteiger charge is -2.04. The van der Waals surface area contributed by atoms with Gasteiger partial charge in [-0.2, -0.15) is 0 Å². The highest BCUT2D eigenvalue weighted by molar-refractivity contribution is 6.31. The molecule has 0 aliphatic heterocycles. The Bertz CT molecular complexity index is 400. The molecule has 1 aromatic heterocycles. The molecule has 0 unspecified atom stereocenters. The van der Waals surface area contributed by atoms with Gasteiger partial charge in [-0.3, -0.25) is 0 Å². The minimum Gasteiger partial charge on any atom is -0.388 e. The molecule has 0 fully saturated rings. The van der Waals surface area contributed by atoms with Crippen molar-refractivity contribution in [1.82, 2.24) is 4.98 Å². The molecule has 0 spiro atoms. The predicted molar refractivity (Wildman–Crippen MR) is 46.8 cm³/mol. The van der Waals surface area contributed by atoms with Crippen LogP contribution in [0.15, 0.2) is 6.07 Å². The van der Waals surface area contributed by atoms with Gasteiger partial charge in [0.05, 0.1) is 5.02 Å². The van der Waals surface area contributed by atoms with E-state index >= 15 is 0 Å². The number of nitrogens with zero attached hydrogens (tertiary/aromatic N) is 2. The van der Waals surface area contributed by atoms with E-state index in [1.807, 2.05) is 0 Å². The van der Waals surface area contributed by atoms with Crippen LogP contribution >= 0.6 is 11.6 Å². The van der Waals surface area contributed by atoms with Crippen LogP contribution in [0.2, 0.25) is 5.02 Å². The number of aliphatic hydroxyl groups excluding tert-OH is 1. The second-order valence-electron chi connectivity index (χ2n) is 2.55. The van der Waals surface area contributed by atoms with Gasteiger partial charge in [0.2, 0.25) is 0 Å². The zero-order valence-corrected chi connectivity index (χ0v) is 7.91. The van der Waals surface area contributed by atoms with Crippen molar-refractivity contribution >= 4 is 17.4 Å². The van der Waals surface area contributed by atoms with Gasteiger partial charge in [0.15, 0.2) is 5.69 Å². The van der Waals surface area contributed by atoms with Gasteiger partial charge in [0.1, 0.15) is 12.2 Å². The van der Waals surface area contributed by atoms with Crippen LogP contribution in [0.1, 0.15) is 17.7 Å². The van der Waals surface area contributed by atoms with Crippen molar-refractivity contribution in [2.24, 2.45) is 0 Å². The Kier molecular flexibility index (Phi) is 3.48. The second-order valence-corrected chi connectivity index (χ2v) is 2.96. The first kappa shape index (κ1) is 11.7. The zero-order chi connectivity index (χ0) is 11.6. The average molecular weight is 239 g/mol. The largest absolute Gasteiger partial charge is 0.388 e. The fraction of sp³-hybridized carbons (Fsp3) is 0.286. The van der Waals surface area contributed by atoms with E-state index < -0.39 is 34.4 Å². The monoisotopic (exact) mass is 238 g/mol. The van der Waals surface area contributed by atoms with Crippen LogP contribution in [-0.2, 0) is 6.61 Å². The van der Waals surface area contributed by atoms with Crippen LogP contribution in [0.25, 0.3) is 0 Å². The normalized spacial score (nSPS) is 10.7. The molecule has 0 saturated heterocycles. The van der Waals surface area contributed by atoms with Crippen LogP contribution < -0.4 is 0 Å². The van der Waals surface area contributed by atoms with E-state index in [-0.39, 0.29) is 5.69 Å². The molecule has 0 bridgehead atoms. The molecule has 1 rings (SSSR count). The second kappa shape index (κ2) is 4.45. The quantitative estimate of drug-likeness (QED) is 0.646. The molecule has 0 aliphatic carbocycles. The maximum absolute atomic E-state index is 12.4. The van der Waals surface area contributed by atoms with Gasteiger partial charge in [-0.25, -0.2) is 8.78 Å². The van der Waals surface area contributed by atoms with Crippen molar-refractivity contribution < 1.29 is 18.8 Å². The van der Waals surface area contributed by atoms with E-state index in [4.69, 9.17) is 16.7 Å². The summed E-state index contributed by atoms with van der Waals surface area (Å²) in [5.74, 6) is -1.03. The van der Waals surface area contributed by atoms with E-state index in [1.54, 1.807) is 0 Å². The minimum atomic E-state index is -3.09.